The second-order valence-electron chi connectivity index (χ2n) is 3.74. The number of hydrogen-bond acceptors (Lipinski definition) is 3. The number of nitrogens with one attached hydrogen (secondary N) is 2. The molecule has 0 bridgehead atoms. The first-order chi connectivity index (χ1) is 7.15. The second kappa shape index (κ2) is 5.70. The van der Waals surface area contributed by atoms with Crippen molar-refractivity contribution in [2.45, 2.75) is 26.3 Å². The van der Waals surface area contributed by atoms with Crippen molar-refractivity contribution in [3.05, 3.63) is 0 Å². The van der Waals surface area contributed by atoms with Gasteiger partial charge in [0, 0.05) is 13.1 Å². The fraction of sp³-hybridized carbons (Fsp3) is 0.800. The van der Waals surface area contributed by atoms with E-state index in [9.17, 15) is 9.59 Å². The Labute approximate surface area is 90.2 Å². The number of likely N-dealkylation sites (N-methyl/N-ethyl adjacent to an activating group) is 1. The number of carbonyl (C=O) groups excluding carboxylic acids is 2. The molecule has 0 saturated carbocycles. The van der Waals surface area contributed by atoms with Crippen molar-refractivity contribution in [2.24, 2.45) is 0 Å². The van der Waals surface area contributed by atoms with Crippen LogP contribution in [0.2, 0.25) is 0 Å². The minimum atomic E-state index is -0.179. The lowest BCUT2D eigenvalue weighted by atomic mass is 10.3. The van der Waals surface area contributed by atoms with Gasteiger partial charge in [-0.05, 0) is 26.8 Å². The van der Waals surface area contributed by atoms with Crippen LogP contribution in [-0.4, -0.2) is 48.9 Å². The van der Waals surface area contributed by atoms with E-state index in [1.807, 2.05) is 13.8 Å². The highest BCUT2D eigenvalue weighted by Gasteiger charge is 2.24. The maximum atomic E-state index is 11.8. The minimum Gasteiger partial charge on any atom is -0.355 e. The average molecular weight is 213 g/mol. The standard InChI is InChI=1S/C10H19N3O2/c1-3-11-9(14)7-13-6-4-5-12-8(2)10(13)15/h8,12H,3-7H2,1-2H3,(H,11,14). The summed E-state index contributed by atoms with van der Waals surface area (Å²) in [6.45, 7) is 5.98. The predicted octanol–water partition coefficient (Wildman–Crippen LogP) is -0.667. The monoisotopic (exact) mass is 213 g/mol. The first-order valence-corrected chi connectivity index (χ1v) is 5.44. The molecule has 0 aliphatic carbocycles. The van der Waals surface area contributed by atoms with E-state index in [2.05, 4.69) is 10.6 Å². The van der Waals surface area contributed by atoms with E-state index in [0.717, 1.165) is 13.0 Å². The number of amides is 2. The van der Waals surface area contributed by atoms with Crippen molar-refractivity contribution in [3.8, 4) is 0 Å². The summed E-state index contributed by atoms with van der Waals surface area (Å²) in [5, 5.41) is 5.80. The lowest BCUT2D eigenvalue weighted by Crippen LogP contribution is -2.46. The van der Waals surface area contributed by atoms with E-state index in [0.29, 0.717) is 13.1 Å². The summed E-state index contributed by atoms with van der Waals surface area (Å²) in [5.41, 5.74) is 0. The number of carbonyl (C=O) groups is 2. The molecule has 1 saturated heterocycles. The maximum absolute atomic E-state index is 11.8. The Bertz CT molecular complexity index is 243. The van der Waals surface area contributed by atoms with E-state index < -0.39 is 0 Å². The van der Waals surface area contributed by atoms with Gasteiger partial charge in [-0.2, -0.15) is 0 Å². The Morgan fingerprint density at radius 1 is 1.67 bits per heavy atom. The molecule has 1 heterocycles. The summed E-state index contributed by atoms with van der Waals surface area (Å²) in [6.07, 6.45) is 0.898. The Morgan fingerprint density at radius 2 is 2.40 bits per heavy atom. The summed E-state index contributed by atoms with van der Waals surface area (Å²) in [7, 11) is 0. The molecule has 1 fully saturated rings. The molecule has 15 heavy (non-hydrogen) atoms. The zero-order valence-electron chi connectivity index (χ0n) is 9.38. The van der Waals surface area contributed by atoms with Gasteiger partial charge in [0.15, 0.2) is 0 Å². The number of nitrogens with zero attached hydrogens (tertiary/aromatic N) is 1. The predicted molar refractivity (Wildman–Crippen MR) is 57.3 cm³/mol. The highest BCUT2D eigenvalue weighted by molar-refractivity contribution is 5.87. The molecule has 0 spiro atoms. The molecular weight excluding hydrogens is 194 g/mol. The SMILES string of the molecule is CCNC(=O)CN1CCCNC(C)C1=O. The van der Waals surface area contributed by atoms with Gasteiger partial charge in [-0.15, -0.1) is 0 Å². The third-order valence-corrected chi connectivity index (χ3v) is 2.45. The summed E-state index contributed by atoms with van der Waals surface area (Å²) >= 11 is 0. The Kier molecular flexibility index (Phi) is 4.55. The smallest absolute Gasteiger partial charge is 0.239 e. The van der Waals surface area contributed by atoms with Crippen LogP contribution < -0.4 is 10.6 Å². The topological polar surface area (TPSA) is 61.4 Å². The van der Waals surface area contributed by atoms with Crippen LogP contribution in [-0.2, 0) is 9.59 Å². The quantitative estimate of drug-likeness (QED) is 0.654. The number of rotatable bonds is 3. The molecule has 2 N–H and O–H groups in total. The summed E-state index contributed by atoms with van der Waals surface area (Å²) in [5.74, 6) is -0.0706. The lowest BCUT2D eigenvalue weighted by molar-refractivity contribution is -0.136. The number of hydrogen-bond donors (Lipinski definition) is 2. The maximum Gasteiger partial charge on any atom is 0.239 e. The van der Waals surface area contributed by atoms with Gasteiger partial charge < -0.3 is 15.5 Å². The van der Waals surface area contributed by atoms with Crippen molar-refractivity contribution < 1.29 is 9.59 Å². The molecule has 1 rings (SSSR count). The zero-order chi connectivity index (χ0) is 11.3. The van der Waals surface area contributed by atoms with Crippen LogP contribution in [0.4, 0.5) is 0 Å². The van der Waals surface area contributed by atoms with Gasteiger partial charge in [0.1, 0.15) is 0 Å². The van der Waals surface area contributed by atoms with Crippen molar-refractivity contribution >= 4 is 11.8 Å². The van der Waals surface area contributed by atoms with E-state index in [1.54, 1.807) is 4.90 Å². The van der Waals surface area contributed by atoms with Crippen LogP contribution in [0.3, 0.4) is 0 Å². The van der Waals surface area contributed by atoms with Gasteiger partial charge in [-0.25, -0.2) is 0 Å². The van der Waals surface area contributed by atoms with Gasteiger partial charge in [-0.1, -0.05) is 0 Å². The molecule has 5 nitrogen and oxygen atoms in total. The molecule has 1 aliphatic rings. The molecule has 86 valence electrons. The van der Waals surface area contributed by atoms with Gasteiger partial charge in [0.25, 0.3) is 0 Å². The average Bonchev–Trinajstić information content (AvgIpc) is 2.34. The van der Waals surface area contributed by atoms with E-state index in [1.165, 1.54) is 0 Å². The summed E-state index contributed by atoms with van der Waals surface area (Å²) < 4.78 is 0. The van der Waals surface area contributed by atoms with Crippen molar-refractivity contribution in [2.75, 3.05) is 26.2 Å². The summed E-state index contributed by atoms with van der Waals surface area (Å²) in [4.78, 5) is 24.7. The highest BCUT2D eigenvalue weighted by Crippen LogP contribution is 2.01. The first-order valence-electron chi connectivity index (χ1n) is 5.44. The van der Waals surface area contributed by atoms with E-state index >= 15 is 0 Å². The molecular formula is C10H19N3O2. The zero-order valence-corrected chi connectivity index (χ0v) is 9.38. The molecule has 0 aromatic rings. The van der Waals surface area contributed by atoms with Gasteiger partial charge in [-0.3, -0.25) is 9.59 Å². The largest absolute Gasteiger partial charge is 0.355 e. The third-order valence-electron chi connectivity index (χ3n) is 2.45. The first kappa shape index (κ1) is 12.0. The van der Waals surface area contributed by atoms with Crippen molar-refractivity contribution in [1.82, 2.24) is 15.5 Å². The van der Waals surface area contributed by atoms with Crippen LogP contribution in [0.15, 0.2) is 0 Å². The van der Waals surface area contributed by atoms with E-state index in [4.69, 9.17) is 0 Å². The molecule has 1 unspecified atom stereocenters. The molecule has 1 aliphatic heterocycles. The minimum absolute atomic E-state index is 0.0127. The van der Waals surface area contributed by atoms with Crippen LogP contribution in [0.1, 0.15) is 20.3 Å². The van der Waals surface area contributed by atoms with Crippen molar-refractivity contribution in [1.29, 1.82) is 0 Å². The lowest BCUT2D eigenvalue weighted by Gasteiger charge is -2.21. The molecule has 5 heteroatoms. The third kappa shape index (κ3) is 3.51. The van der Waals surface area contributed by atoms with Crippen LogP contribution >= 0.6 is 0 Å². The van der Waals surface area contributed by atoms with E-state index in [-0.39, 0.29) is 24.4 Å². The normalized spacial score (nSPS) is 22.4. The molecule has 0 aromatic carbocycles. The van der Waals surface area contributed by atoms with Gasteiger partial charge >= 0.3 is 0 Å². The second-order valence-corrected chi connectivity index (χ2v) is 3.74. The van der Waals surface area contributed by atoms with Crippen molar-refractivity contribution in [3.63, 3.8) is 0 Å². The Morgan fingerprint density at radius 3 is 3.07 bits per heavy atom. The summed E-state index contributed by atoms with van der Waals surface area (Å²) in [6, 6.07) is -0.179. The van der Waals surface area contributed by atoms with Gasteiger partial charge in [0.2, 0.25) is 11.8 Å². The Balaban J connectivity index is 2.51. The van der Waals surface area contributed by atoms with Crippen LogP contribution in [0.25, 0.3) is 0 Å². The van der Waals surface area contributed by atoms with Gasteiger partial charge in [0.05, 0.1) is 12.6 Å². The molecule has 2 amide bonds. The molecule has 0 aromatic heterocycles. The van der Waals surface area contributed by atoms with Crippen LogP contribution in [0.5, 0.6) is 0 Å². The fourth-order valence-electron chi connectivity index (χ4n) is 1.64. The molecule has 1 atom stereocenters. The molecule has 0 radical (unpaired) electrons. The van der Waals surface area contributed by atoms with Crippen LogP contribution in [0, 0.1) is 0 Å². The Hall–Kier alpha value is -1.10. The highest BCUT2D eigenvalue weighted by atomic mass is 16.2. The fourth-order valence-corrected chi connectivity index (χ4v) is 1.64.